The number of aromatic nitrogens is 2. The standard InChI is InChI=1S/C8H11N3OS/c1-4-6(5(2)12)7(13-3)11-8(9)10-4/h1-3H3,(H2,9,10,11). The maximum Gasteiger partial charge on any atom is 0.221 e. The molecule has 0 aliphatic heterocycles. The SMILES string of the molecule is CSc1nc(N)nc(C)c1C(C)=O. The molecule has 13 heavy (non-hydrogen) atoms. The van der Waals surface area contributed by atoms with Crippen LogP contribution in [0.2, 0.25) is 0 Å². The summed E-state index contributed by atoms with van der Waals surface area (Å²) in [6.45, 7) is 3.26. The number of hydrogen-bond donors (Lipinski definition) is 1. The van der Waals surface area contributed by atoms with Crippen molar-refractivity contribution in [1.29, 1.82) is 0 Å². The third-order valence-corrected chi connectivity index (χ3v) is 2.30. The molecule has 1 aromatic heterocycles. The maximum absolute atomic E-state index is 11.2. The number of nitrogens with zero attached hydrogens (tertiary/aromatic N) is 2. The molecular weight excluding hydrogens is 186 g/mol. The predicted molar refractivity (Wildman–Crippen MR) is 53.0 cm³/mol. The summed E-state index contributed by atoms with van der Waals surface area (Å²) in [5, 5.41) is 0.650. The molecule has 0 amide bonds. The summed E-state index contributed by atoms with van der Waals surface area (Å²) in [7, 11) is 0. The predicted octanol–water partition coefficient (Wildman–Crippen LogP) is 1.29. The van der Waals surface area contributed by atoms with E-state index in [0.717, 1.165) is 0 Å². The number of ketones is 1. The van der Waals surface area contributed by atoms with Crippen molar-refractivity contribution in [2.24, 2.45) is 0 Å². The molecule has 0 aliphatic rings. The van der Waals surface area contributed by atoms with E-state index in [9.17, 15) is 4.79 Å². The fraction of sp³-hybridized carbons (Fsp3) is 0.375. The van der Waals surface area contributed by atoms with E-state index in [0.29, 0.717) is 16.3 Å². The zero-order valence-corrected chi connectivity index (χ0v) is 8.60. The van der Waals surface area contributed by atoms with Crippen LogP contribution >= 0.6 is 11.8 Å². The maximum atomic E-state index is 11.2. The molecule has 5 heteroatoms. The van der Waals surface area contributed by atoms with Crippen molar-refractivity contribution in [3.05, 3.63) is 11.3 Å². The van der Waals surface area contributed by atoms with Crippen LogP contribution in [0.4, 0.5) is 5.95 Å². The molecule has 0 unspecified atom stereocenters. The molecule has 0 aliphatic carbocycles. The van der Waals surface area contributed by atoms with Crippen molar-refractivity contribution >= 4 is 23.5 Å². The third kappa shape index (κ3) is 1.98. The van der Waals surface area contributed by atoms with Crippen LogP contribution in [0.25, 0.3) is 0 Å². The smallest absolute Gasteiger partial charge is 0.221 e. The van der Waals surface area contributed by atoms with Crippen LogP contribution in [0.15, 0.2) is 5.03 Å². The van der Waals surface area contributed by atoms with Crippen LogP contribution in [-0.4, -0.2) is 22.0 Å². The minimum atomic E-state index is -0.0261. The highest BCUT2D eigenvalue weighted by Crippen LogP contribution is 2.21. The van der Waals surface area contributed by atoms with Crippen molar-refractivity contribution in [3.63, 3.8) is 0 Å². The highest BCUT2D eigenvalue weighted by atomic mass is 32.2. The lowest BCUT2D eigenvalue weighted by atomic mass is 10.2. The van der Waals surface area contributed by atoms with Gasteiger partial charge in [-0.25, -0.2) is 9.97 Å². The Hall–Kier alpha value is -1.10. The molecule has 0 spiro atoms. The van der Waals surface area contributed by atoms with Gasteiger partial charge in [0.1, 0.15) is 5.03 Å². The van der Waals surface area contributed by atoms with Gasteiger partial charge in [0.2, 0.25) is 5.95 Å². The largest absolute Gasteiger partial charge is 0.368 e. The van der Waals surface area contributed by atoms with Gasteiger partial charge in [-0.2, -0.15) is 0 Å². The average molecular weight is 197 g/mol. The number of Topliss-reactive ketones (excluding diaryl/α,β-unsaturated/α-hetero) is 1. The molecule has 0 saturated heterocycles. The molecule has 4 nitrogen and oxygen atoms in total. The first-order valence-electron chi connectivity index (χ1n) is 3.75. The second-order valence-corrected chi connectivity index (χ2v) is 3.40. The number of rotatable bonds is 2. The first-order valence-corrected chi connectivity index (χ1v) is 4.97. The molecule has 0 aromatic carbocycles. The number of nitrogens with two attached hydrogens (primary N) is 1. The summed E-state index contributed by atoms with van der Waals surface area (Å²) in [6.07, 6.45) is 1.85. The van der Waals surface area contributed by atoms with E-state index in [4.69, 9.17) is 5.73 Å². The number of nitrogen functional groups attached to an aromatic ring is 1. The van der Waals surface area contributed by atoms with Crippen LogP contribution < -0.4 is 5.73 Å². The molecule has 0 saturated carbocycles. The van der Waals surface area contributed by atoms with Crippen molar-refractivity contribution in [3.8, 4) is 0 Å². The molecule has 2 N–H and O–H groups in total. The van der Waals surface area contributed by atoms with E-state index in [2.05, 4.69) is 9.97 Å². The van der Waals surface area contributed by atoms with E-state index in [1.807, 2.05) is 6.26 Å². The number of thioether (sulfide) groups is 1. The molecule has 0 fully saturated rings. The van der Waals surface area contributed by atoms with E-state index in [-0.39, 0.29) is 11.7 Å². The molecule has 0 bridgehead atoms. The Bertz CT molecular complexity index is 351. The van der Waals surface area contributed by atoms with Gasteiger partial charge in [-0.3, -0.25) is 4.79 Å². The van der Waals surface area contributed by atoms with Gasteiger partial charge < -0.3 is 5.73 Å². The van der Waals surface area contributed by atoms with E-state index in [1.165, 1.54) is 18.7 Å². The average Bonchev–Trinajstić information content (AvgIpc) is 2.01. The zero-order valence-electron chi connectivity index (χ0n) is 7.79. The Morgan fingerprint density at radius 3 is 2.54 bits per heavy atom. The Labute approximate surface area is 81.0 Å². The summed E-state index contributed by atoms with van der Waals surface area (Å²) < 4.78 is 0. The topological polar surface area (TPSA) is 68.9 Å². The summed E-state index contributed by atoms with van der Waals surface area (Å²) in [5.74, 6) is 0.189. The Morgan fingerprint density at radius 1 is 1.46 bits per heavy atom. The van der Waals surface area contributed by atoms with Crippen molar-refractivity contribution in [1.82, 2.24) is 9.97 Å². The Kier molecular flexibility index (Phi) is 2.87. The van der Waals surface area contributed by atoms with Crippen LogP contribution in [-0.2, 0) is 0 Å². The Morgan fingerprint density at radius 2 is 2.08 bits per heavy atom. The first-order chi connectivity index (χ1) is 6.06. The fourth-order valence-corrected chi connectivity index (χ4v) is 1.80. The van der Waals surface area contributed by atoms with E-state index < -0.39 is 0 Å². The molecule has 70 valence electrons. The van der Waals surface area contributed by atoms with Gasteiger partial charge in [-0.1, -0.05) is 0 Å². The first kappa shape index (κ1) is 9.98. The monoisotopic (exact) mass is 197 g/mol. The molecular formula is C8H11N3OS. The van der Waals surface area contributed by atoms with E-state index in [1.54, 1.807) is 6.92 Å². The van der Waals surface area contributed by atoms with Crippen LogP contribution in [0.5, 0.6) is 0 Å². The number of hydrogen-bond acceptors (Lipinski definition) is 5. The molecule has 0 radical (unpaired) electrons. The van der Waals surface area contributed by atoms with Crippen LogP contribution in [0.3, 0.4) is 0 Å². The van der Waals surface area contributed by atoms with Gasteiger partial charge in [0.15, 0.2) is 5.78 Å². The third-order valence-electron chi connectivity index (χ3n) is 1.62. The lowest BCUT2D eigenvalue weighted by molar-refractivity contribution is 0.101. The van der Waals surface area contributed by atoms with Crippen LogP contribution in [0, 0.1) is 6.92 Å². The van der Waals surface area contributed by atoms with Gasteiger partial charge in [0.25, 0.3) is 0 Å². The van der Waals surface area contributed by atoms with E-state index >= 15 is 0 Å². The number of aryl methyl sites for hydroxylation is 1. The van der Waals surface area contributed by atoms with Gasteiger partial charge in [0.05, 0.1) is 11.3 Å². The molecule has 1 aromatic rings. The minimum Gasteiger partial charge on any atom is -0.368 e. The van der Waals surface area contributed by atoms with Gasteiger partial charge in [-0.05, 0) is 20.1 Å². The van der Waals surface area contributed by atoms with Crippen molar-refractivity contribution in [2.45, 2.75) is 18.9 Å². The van der Waals surface area contributed by atoms with Crippen molar-refractivity contribution < 1.29 is 4.79 Å². The zero-order chi connectivity index (χ0) is 10.0. The quantitative estimate of drug-likeness (QED) is 0.439. The summed E-state index contributed by atoms with van der Waals surface area (Å²) in [4.78, 5) is 19.1. The summed E-state index contributed by atoms with van der Waals surface area (Å²) in [5.41, 5.74) is 6.67. The second-order valence-electron chi connectivity index (χ2n) is 2.61. The van der Waals surface area contributed by atoms with Gasteiger partial charge in [0, 0.05) is 0 Å². The van der Waals surface area contributed by atoms with Crippen LogP contribution in [0.1, 0.15) is 23.0 Å². The van der Waals surface area contributed by atoms with Crippen molar-refractivity contribution in [2.75, 3.05) is 12.0 Å². The second kappa shape index (κ2) is 3.74. The molecule has 1 heterocycles. The van der Waals surface area contributed by atoms with Gasteiger partial charge >= 0.3 is 0 Å². The number of anilines is 1. The lowest BCUT2D eigenvalue weighted by Crippen LogP contribution is -2.07. The Balaban J connectivity index is 3.38. The number of carbonyl (C=O) groups excluding carboxylic acids is 1. The summed E-state index contributed by atoms with van der Waals surface area (Å²) >= 11 is 1.40. The summed E-state index contributed by atoms with van der Waals surface area (Å²) in [6, 6.07) is 0. The lowest BCUT2D eigenvalue weighted by Gasteiger charge is -2.06. The normalized spacial score (nSPS) is 10.1. The molecule has 1 rings (SSSR count). The minimum absolute atomic E-state index is 0.0261. The highest BCUT2D eigenvalue weighted by Gasteiger charge is 2.13. The fourth-order valence-electron chi connectivity index (χ4n) is 1.12. The van der Waals surface area contributed by atoms with Gasteiger partial charge in [-0.15, -0.1) is 11.8 Å². The molecule has 0 atom stereocenters. The highest BCUT2D eigenvalue weighted by molar-refractivity contribution is 7.98. The number of carbonyl (C=O) groups is 1.